The average molecular weight is 414 g/mol. The Labute approximate surface area is 205 Å². The first-order chi connectivity index (χ1) is 22.7. The summed E-state index contributed by atoms with van der Waals surface area (Å²) in [4.78, 5) is 15.6. The summed E-state index contributed by atoms with van der Waals surface area (Å²) in [6, 6.07) is -3.70. The van der Waals surface area contributed by atoms with Crippen LogP contribution in [0.25, 0.3) is 5.57 Å². The molecule has 4 aliphatic carbocycles. The summed E-state index contributed by atoms with van der Waals surface area (Å²) in [5.74, 6) is -7.85. The normalized spacial score (nSPS) is 62.1. The quantitative estimate of drug-likeness (QED) is 0.443. The van der Waals surface area contributed by atoms with E-state index in [1.807, 2.05) is 0 Å². The summed E-state index contributed by atoms with van der Waals surface area (Å²) < 4.78 is 200. The number of aromatic nitrogens is 1. The number of allylic oxidation sites excluding steroid dienone is 3. The van der Waals surface area contributed by atoms with Gasteiger partial charge < -0.3 is 4.74 Å². The van der Waals surface area contributed by atoms with Gasteiger partial charge in [-0.25, -0.2) is 0 Å². The Hall–Kier alpha value is -1.90. The van der Waals surface area contributed by atoms with Crippen LogP contribution in [0.3, 0.4) is 0 Å². The Kier molecular flexibility index (Phi) is 1.54. The van der Waals surface area contributed by atoms with Crippen molar-refractivity contribution in [3.63, 3.8) is 0 Å². The molecule has 0 amide bonds. The molecular weight excluding hydrogens is 358 g/mol. The lowest BCUT2D eigenvalue weighted by molar-refractivity contribution is -0.148. The molecule has 4 aliphatic rings. The highest BCUT2D eigenvalue weighted by Crippen LogP contribution is 2.66. The molecule has 29 heavy (non-hydrogen) atoms. The fourth-order valence-electron chi connectivity index (χ4n) is 4.56. The van der Waals surface area contributed by atoms with Crippen molar-refractivity contribution in [2.45, 2.75) is 71.4 Å². The highest BCUT2D eigenvalue weighted by molar-refractivity contribution is 5.72. The number of esters is 1. The van der Waals surface area contributed by atoms with Crippen LogP contribution in [0.5, 0.6) is 0 Å². The molecule has 3 heteroatoms. The smallest absolute Gasteiger partial charge is 0.302 e. The van der Waals surface area contributed by atoms with Crippen LogP contribution in [0.15, 0.2) is 42.1 Å². The molecule has 3 unspecified atom stereocenters. The van der Waals surface area contributed by atoms with Crippen LogP contribution in [-0.4, -0.2) is 17.1 Å². The van der Waals surface area contributed by atoms with Gasteiger partial charge in [-0.1, -0.05) is 37.4 Å². The fourth-order valence-corrected chi connectivity index (χ4v) is 4.56. The molecule has 1 aromatic rings. The first-order valence-corrected chi connectivity index (χ1v) is 9.22. The Morgan fingerprint density at radius 2 is 2.10 bits per heavy atom. The van der Waals surface area contributed by atoms with Crippen LogP contribution in [0.4, 0.5) is 0 Å². The van der Waals surface area contributed by atoms with Gasteiger partial charge >= 0.3 is 5.97 Å². The fraction of sp³-hybridized carbons (Fsp3) is 0.615. The number of hydrogen-bond acceptors (Lipinski definition) is 3. The van der Waals surface area contributed by atoms with Gasteiger partial charge in [-0.15, -0.1) is 0 Å². The van der Waals surface area contributed by atoms with E-state index in [0.29, 0.717) is 0 Å². The van der Waals surface area contributed by atoms with Crippen molar-refractivity contribution in [1.29, 1.82) is 0 Å². The van der Waals surface area contributed by atoms with Crippen molar-refractivity contribution < 1.29 is 39.7 Å². The van der Waals surface area contributed by atoms with Crippen molar-refractivity contribution in [3.05, 3.63) is 47.7 Å². The molecule has 1 aromatic heterocycles. The van der Waals surface area contributed by atoms with Crippen molar-refractivity contribution >= 4 is 11.5 Å². The Morgan fingerprint density at radius 1 is 1.24 bits per heavy atom. The maximum atomic E-state index is 12.1. The topological polar surface area (TPSA) is 39.2 Å². The lowest BCUT2D eigenvalue weighted by Gasteiger charge is -2.57. The molecule has 6 atom stereocenters. The Balaban J connectivity index is 1.98. The maximum Gasteiger partial charge on any atom is 0.302 e. The van der Waals surface area contributed by atoms with Gasteiger partial charge in [-0.05, 0) is 84.1 Å². The summed E-state index contributed by atoms with van der Waals surface area (Å²) in [5.41, 5.74) is -10.1. The minimum atomic E-state index is -4.00. The second-order valence-corrected chi connectivity index (χ2v) is 7.51. The summed E-state index contributed by atoms with van der Waals surface area (Å²) in [7, 11) is 0. The Bertz CT molecular complexity index is 1770. The van der Waals surface area contributed by atoms with Crippen molar-refractivity contribution in [2.24, 2.45) is 28.6 Å². The van der Waals surface area contributed by atoms with Gasteiger partial charge in [0, 0.05) is 47.6 Å². The zero-order chi connectivity index (χ0) is 39.4. The van der Waals surface area contributed by atoms with E-state index in [-0.39, 0.29) is 0 Å². The molecule has 0 radical (unpaired) electrons. The van der Waals surface area contributed by atoms with Gasteiger partial charge in [0.15, 0.2) is 0 Å². The molecule has 0 aliphatic heterocycles. The van der Waals surface area contributed by atoms with E-state index < -0.39 is 152 Å². The van der Waals surface area contributed by atoms with E-state index in [4.69, 9.17) is 26.7 Å². The second kappa shape index (κ2) is 6.82. The third kappa shape index (κ3) is 2.92. The summed E-state index contributed by atoms with van der Waals surface area (Å²) in [6.45, 7) is -6.96. The first kappa shape index (κ1) is 6.55. The SMILES string of the molecule is [2H]C1=C2C([2H])([2H])[C@@H](OC(C)=O)C([2H])([2H])C([2H])([2H])[C@]2(C([2H])([2H])[2H])C2C(C1)C1CC([2H])=C(c3c([2H])nc([2H])c([2H])c3[2H])[C@@]1(C([2H])([2H])[2H])C([2H])([2H])C2([2H])[2H]. The number of fused-ring (bicyclic) bond motifs is 5. The van der Waals surface area contributed by atoms with E-state index in [9.17, 15) is 13.0 Å². The minimum absolute atomic E-state index is 0.757. The molecule has 5 rings (SSSR count). The molecule has 154 valence electrons. The number of pyridine rings is 1. The number of hydrogen-bond donors (Lipinski definition) is 0. The van der Waals surface area contributed by atoms with Crippen LogP contribution in [-0.2, 0) is 9.53 Å². The van der Waals surface area contributed by atoms with Crippen molar-refractivity contribution in [3.8, 4) is 0 Å². The number of carbonyl (C=O) groups is 1. The summed E-state index contributed by atoms with van der Waals surface area (Å²) in [6.07, 6.45) is -25.5. The lowest BCUT2D eigenvalue weighted by atomic mass is 9.47. The monoisotopic (exact) mass is 413 g/mol. The van der Waals surface area contributed by atoms with Gasteiger partial charge in [-0.2, -0.15) is 0 Å². The standard InChI is InChI=1S/C26H33NO2/c1-17(28)29-20-10-12-25(2)19(15-20)6-7-21-23-9-8-22(18-5-4-14-27-16-18)26(23,3)13-11-24(21)25/h4-6,8,14,16,20-21,23-24H,7,9-13,15H2,1-3H3/t20-,21?,23?,24?,25-,26+/m0/s1/i2D3,3D3,4D,5D,6D,8D,10D2,11D2,12D2,13D2,14D,15D2,16D. The lowest BCUT2D eigenvalue weighted by Crippen LogP contribution is -2.50. The van der Waals surface area contributed by atoms with Crippen LogP contribution < -0.4 is 0 Å². The largest absolute Gasteiger partial charge is 0.462 e. The van der Waals surface area contributed by atoms with Gasteiger partial charge in [0.2, 0.25) is 0 Å². The number of rotatable bonds is 2. The van der Waals surface area contributed by atoms with Gasteiger partial charge in [0.05, 0.1) is 8.22 Å². The molecule has 1 heterocycles. The number of nitrogens with zero attached hydrogens (tertiary/aromatic N) is 1. The van der Waals surface area contributed by atoms with Gasteiger partial charge in [0.1, 0.15) is 6.10 Å². The molecular formula is C26H33NO2. The average Bonchev–Trinajstić information content (AvgIpc) is 3.25. The van der Waals surface area contributed by atoms with E-state index in [1.165, 1.54) is 0 Å². The first-order valence-electron chi connectivity index (χ1n) is 20.2. The Morgan fingerprint density at radius 3 is 2.93 bits per heavy atom. The van der Waals surface area contributed by atoms with Crippen LogP contribution in [0.1, 0.15) is 101 Å². The molecule has 0 N–H and O–H groups in total. The van der Waals surface area contributed by atoms with Crippen molar-refractivity contribution in [2.75, 3.05) is 0 Å². The molecule has 0 aromatic carbocycles. The zero-order valence-corrected chi connectivity index (χ0v) is 15.5. The third-order valence-corrected chi connectivity index (χ3v) is 5.87. The van der Waals surface area contributed by atoms with Gasteiger partial charge in [-0.3, -0.25) is 9.78 Å². The molecule has 0 saturated heterocycles. The van der Waals surface area contributed by atoms with Crippen LogP contribution in [0.2, 0.25) is 0 Å². The van der Waals surface area contributed by atoms with Crippen LogP contribution in [0, 0.1) is 28.6 Å². The van der Waals surface area contributed by atoms with Crippen molar-refractivity contribution in [1.82, 2.24) is 4.98 Å². The van der Waals surface area contributed by atoms with E-state index >= 15 is 0 Å². The van der Waals surface area contributed by atoms with E-state index in [2.05, 4.69) is 4.98 Å². The number of ether oxygens (including phenoxy) is 1. The molecule has 2 fully saturated rings. The molecule has 0 bridgehead atoms. The number of carbonyl (C=O) groups excluding carboxylic acids is 1. The zero-order valence-electron chi connectivity index (χ0n) is 37.5. The van der Waals surface area contributed by atoms with E-state index in [0.717, 1.165) is 6.92 Å². The van der Waals surface area contributed by atoms with Crippen LogP contribution >= 0.6 is 0 Å². The summed E-state index contributed by atoms with van der Waals surface area (Å²) in [5, 5.41) is 0. The predicted molar refractivity (Wildman–Crippen MR) is 115 cm³/mol. The van der Waals surface area contributed by atoms with E-state index in [1.54, 1.807) is 0 Å². The van der Waals surface area contributed by atoms with Gasteiger partial charge in [0.25, 0.3) is 0 Å². The molecule has 3 nitrogen and oxygen atoms in total. The molecule has 2 saturated carbocycles. The highest BCUT2D eigenvalue weighted by Gasteiger charge is 2.56. The third-order valence-electron chi connectivity index (χ3n) is 5.87. The second-order valence-electron chi connectivity index (χ2n) is 7.51. The summed E-state index contributed by atoms with van der Waals surface area (Å²) >= 11 is 0. The highest BCUT2D eigenvalue weighted by atomic mass is 16.5. The minimum Gasteiger partial charge on any atom is -0.462 e. The molecule has 0 spiro atoms. The maximum absolute atomic E-state index is 12.1. The predicted octanol–water partition coefficient (Wildman–Crippen LogP) is 5.97.